The SMILES string of the molecule is CC.CC.CCCC=O.CNCCOCCOCCOCCOCCC(=O)NC(C(=O)NC(CCCNC(N)=O)C(N)=O)C(C)C. The Morgan fingerprint density at radius 3 is 1.65 bits per heavy atom. The van der Waals surface area contributed by atoms with Crippen molar-refractivity contribution in [2.24, 2.45) is 17.4 Å². The molecule has 0 bridgehead atoms. The lowest BCUT2D eigenvalue weighted by Gasteiger charge is -2.24. The molecule has 2 atom stereocenters. The number of aldehydes is 1. The van der Waals surface area contributed by atoms with Gasteiger partial charge in [-0.1, -0.05) is 48.5 Å². The highest BCUT2D eigenvalue weighted by atomic mass is 16.6. The van der Waals surface area contributed by atoms with Crippen molar-refractivity contribution in [3.63, 3.8) is 0 Å². The molecule has 0 saturated carbocycles. The van der Waals surface area contributed by atoms with E-state index in [4.69, 9.17) is 30.4 Å². The average Bonchev–Trinajstić information content (AvgIpc) is 3.03. The maximum absolute atomic E-state index is 12.7. The fraction of sp³-hybridized carbons (Fsp3) is 0.839. The van der Waals surface area contributed by atoms with Crippen LogP contribution in [0, 0.1) is 5.92 Å². The van der Waals surface area contributed by atoms with Crippen LogP contribution in [0.5, 0.6) is 0 Å². The van der Waals surface area contributed by atoms with Gasteiger partial charge < -0.3 is 56.5 Å². The number of rotatable bonds is 26. The number of hydrogen-bond donors (Lipinski definition) is 6. The molecule has 8 N–H and O–H groups in total. The second kappa shape index (κ2) is 40.2. The largest absolute Gasteiger partial charge is 0.379 e. The van der Waals surface area contributed by atoms with Crippen LogP contribution in [0.25, 0.3) is 0 Å². The van der Waals surface area contributed by atoms with Crippen LogP contribution < -0.4 is 32.7 Å². The number of urea groups is 1. The Kier molecular flexibility index (Phi) is 43.7. The van der Waals surface area contributed by atoms with E-state index >= 15 is 0 Å². The van der Waals surface area contributed by atoms with Crippen molar-refractivity contribution in [2.75, 3.05) is 73.0 Å². The van der Waals surface area contributed by atoms with E-state index in [2.05, 4.69) is 21.3 Å². The maximum atomic E-state index is 12.7. The molecule has 0 heterocycles. The van der Waals surface area contributed by atoms with E-state index < -0.39 is 29.9 Å². The van der Waals surface area contributed by atoms with Gasteiger partial charge in [-0.25, -0.2) is 4.79 Å². The van der Waals surface area contributed by atoms with E-state index in [9.17, 15) is 24.0 Å². The van der Waals surface area contributed by atoms with Gasteiger partial charge in [0.2, 0.25) is 17.7 Å². The molecule has 0 rings (SSSR count). The summed E-state index contributed by atoms with van der Waals surface area (Å²) in [5.41, 5.74) is 10.4. The molecule has 15 heteroatoms. The third kappa shape index (κ3) is 37.3. The summed E-state index contributed by atoms with van der Waals surface area (Å²) >= 11 is 0. The van der Waals surface area contributed by atoms with E-state index in [1.807, 2.05) is 41.7 Å². The van der Waals surface area contributed by atoms with Crippen LogP contribution in [-0.4, -0.2) is 115 Å². The minimum absolute atomic E-state index is 0.0607. The molecular formula is C31H66N6O9. The number of ether oxygens (including phenoxy) is 4. The Balaban J connectivity index is -0.000000870. The monoisotopic (exact) mass is 666 g/mol. The van der Waals surface area contributed by atoms with Crippen LogP contribution in [0.1, 0.15) is 80.6 Å². The second-order valence-corrected chi connectivity index (χ2v) is 9.44. The quantitative estimate of drug-likeness (QED) is 0.0573. The molecular weight excluding hydrogens is 600 g/mol. The topological polar surface area (TPSA) is 222 Å². The molecule has 274 valence electrons. The molecule has 0 aliphatic carbocycles. The summed E-state index contributed by atoms with van der Waals surface area (Å²) < 4.78 is 21.5. The molecule has 0 fully saturated rings. The van der Waals surface area contributed by atoms with Crippen molar-refractivity contribution in [3.05, 3.63) is 0 Å². The fourth-order valence-corrected chi connectivity index (χ4v) is 3.06. The van der Waals surface area contributed by atoms with Crippen LogP contribution in [0.3, 0.4) is 0 Å². The van der Waals surface area contributed by atoms with Gasteiger partial charge in [-0.3, -0.25) is 14.4 Å². The highest BCUT2D eigenvalue weighted by Gasteiger charge is 2.27. The zero-order valence-electron chi connectivity index (χ0n) is 29.7. The van der Waals surface area contributed by atoms with Gasteiger partial charge in [0.15, 0.2) is 0 Å². The van der Waals surface area contributed by atoms with Gasteiger partial charge in [0.1, 0.15) is 18.4 Å². The number of nitrogens with one attached hydrogen (secondary N) is 4. The number of carbonyl (C=O) groups is 5. The van der Waals surface area contributed by atoms with E-state index in [-0.39, 0.29) is 37.8 Å². The highest BCUT2D eigenvalue weighted by molar-refractivity contribution is 5.91. The zero-order valence-corrected chi connectivity index (χ0v) is 29.7. The smallest absolute Gasteiger partial charge is 0.312 e. The molecule has 0 aromatic carbocycles. The summed E-state index contributed by atoms with van der Waals surface area (Å²) in [6.07, 6.45) is 3.28. The van der Waals surface area contributed by atoms with Crippen molar-refractivity contribution in [3.8, 4) is 0 Å². The highest BCUT2D eigenvalue weighted by Crippen LogP contribution is 2.05. The van der Waals surface area contributed by atoms with E-state index in [1.165, 1.54) is 0 Å². The van der Waals surface area contributed by atoms with Gasteiger partial charge >= 0.3 is 6.03 Å². The molecule has 0 aliphatic heterocycles. The molecule has 0 saturated heterocycles. The molecule has 5 amide bonds. The van der Waals surface area contributed by atoms with Gasteiger partial charge in [-0.15, -0.1) is 0 Å². The van der Waals surface area contributed by atoms with Crippen LogP contribution in [-0.2, 0) is 38.1 Å². The Bertz CT molecular complexity index is 731. The number of unbranched alkanes of at least 4 members (excludes halogenated alkanes) is 1. The van der Waals surface area contributed by atoms with E-state index in [1.54, 1.807) is 13.8 Å². The zero-order chi connectivity index (χ0) is 36.0. The number of nitrogens with two attached hydrogens (primary N) is 2. The van der Waals surface area contributed by atoms with Crippen molar-refractivity contribution in [2.45, 2.75) is 92.7 Å². The van der Waals surface area contributed by atoms with Gasteiger partial charge in [0.25, 0.3) is 0 Å². The van der Waals surface area contributed by atoms with Crippen molar-refractivity contribution in [1.82, 2.24) is 21.3 Å². The molecule has 2 unspecified atom stereocenters. The first kappa shape index (κ1) is 50.0. The van der Waals surface area contributed by atoms with E-state index in [0.717, 1.165) is 19.3 Å². The van der Waals surface area contributed by atoms with Gasteiger partial charge in [-0.05, 0) is 32.2 Å². The Hall–Kier alpha value is -2.85. The third-order valence-corrected chi connectivity index (χ3v) is 5.39. The third-order valence-electron chi connectivity index (χ3n) is 5.39. The Morgan fingerprint density at radius 2 is 1.26 bits per heavy atom. The molecule has 0 aromatic rings. The number of carbonyl (C=O) groups excluding carboxylic acids is 5. The number of primary amides is 2. The minimum atomic E-state index is -0.939. The van der Waals surface area contributed by atoms with E-state index in [0.29, 0.717) is 59.1 Å². The normalized spacial score (nSPS) is 11.2. The van der Waals surface area contributed by atoms with Crippen LogP contribution in [0.15, 0.2) is 0 Å². The lowest BCUT2D eigenvalue weighted by atomic mass is 10.0. The van der Waals surface area contributed by atoms with Crippen molar-refractivity contribution < 1.29 is 42.9 Å². The van der Waals surface area contributed by atoms with Gasteiger partial charge in [0, 0.05) is 25.9 Å². The molecule has 0 radical (unpaired) electrons. The van der Waals surface area contributed by atoms with Crippen LogP contribution in [0.4, 0.5) is 4.79 Å². The standard InChI is InChI=1S/C23H46N6O8.C4H8O.2C2H6/c1-17(2)20(22(32)28-18(21(24)31)5-4-7-27-23(25)33)29-19(30)6-9-34-11-13-36-15-16-37-14-12-35-10-8-26-3;1-2-3-4-5;2*1-2/h17-18,20,26H,4-16H2,1-3H3,(H2,24,31)(H,28,32)(H,29,30)(H3,25,27,33);4H,2-3H2,1H3;2*1-2H3. The maximum Gasteiger partial charge on any atom is 0.312 e. The Labute approximate surface area is 277 Å². The van der Waals surface area contributed by atoms with Crippen LogP contribution in [0.2, 0.25) is 0 Å². The predicted molar refractivity (Wildman–Crippen MR) is 180 cm³/mol. The van der Waals surface area contributed by atoms with Crippen molar-refractivity contribution in [1.29, 1.82) is 0 Å². The molecule has 0 spiro atoms. The van der Waals surface area contributed by atoms with Crippen LogP contribution >= 0.6 is 0 Å². The minimum Gasteiger partial charge on any atom is -0.379 e. The van der Waals surface area contributed by atoms with Gasteiger partial charge in [0.05, 0.1) is 52.9 Å². The summed E-state index contributed by atoms with van der Waals surface area (Å²) in [6, 6.07) is -2.47. The van der Waals surface area contributed by atoms with Gasteiger partial charge in [-0.2, -0.15) is 0 Å². The summed E-state index contributed by atoms with van der Waals surface area (Å²) in [5, 5.41) is 10.6. The fourth-order valence-electron chi connectivity index (χ4n) is 3.06. The molecule has 15 nitrogen and oxygen atoms in total. The first-order valence-corrected chi connectivity index (χ1v) is 16.4. The summed E-state index contributed by atoms with van der Waals surface area (Å²) in [4.78, 5) is 56.8. The average molecular weight is 667 g/mol. The number of likely N-dealkylation sites (N-methyl/N-ethyl adjacent to an activating group) is 1. The molecule has 0 aromatic heterocycles. The number of amides is 5. The lowest BCUT2D eigenvalue weighted by molar-refractivity contribution is -0.132. The number of hydrogen-bond acceptors (Lipinski definition) is 10. The lowest BCUT2D eigenvalue weighted by Crippen LogP contribution is -2.54. The summed E-state index contributed by atoms with van der Waals surface area (Å²) in [6.45, 7) is 18.0. The molecule has 46 heavy (non-hydrogen) atoms. The second-order valence-electron chi connectivity index (χ2n) is 9.44. The molecule has 0 aliphatic rings. The summed E-state index contributed by atoms with van der Waals surface area (Å²) in [5.74, 6) is -1.82. The first-order valence-electron chi connectivity index (χ1n) is 16.4. The first-order chi connectivity index (χ1) is 22.1. The summed E-state index contributed by atoms with van der Waals surface area (Å²) in [7, 11) is 1.86. The van der Waals surface area contributed by atoms with Crippen molar-refractivity contribution >= 4 is 30.0 Å². The predicted octanol–water partition coefficient (Wildman–Crippen LogP) is 1.26. The Morgan fingerprint density at radius 1 is 0.761 bits per heavy atom.